The molecule has 1 amide bonds. The number of amides is 1. The Hall–Kier alpha value is -3.87. The van der Waals surface area contributed by atoms with E-state index in [4.69, 9.17) is 9.47 Å². The van der Waals surface area contributed by atoms with Gasteiger partial charge in [-0.2, -0.15) is 0 Å². The highest BCUT2D eigenvalue weighted by Crippen LogP contribution is 2.28. The quantitative estimate of drug-likeness (QED) is 0.334. The van der Waals surface area contributed by atoms with Crippen LogP contribution in [-0.4, -0.2) is 17.4 Å². The molecule has 0 fully saturated rings. The van der Waals surface area contributed by atoms with Gasteiger partial charge in [0.2, 0.25) is 0 Å². The summed E-state index contributed by atoms with van der Waals surface area (Å²) in [5, 5.41) is 13.9. The van der Waals surface area contributed by atoms with Crippen molar-refractivity contribution in [3.63, 3.8) is 0 Å². The number of carbonyl (C=O) groups excluding carboxylic acids is 1. The molecule has 3 rings (SSSR count). The number of hydrogen-bond acceptors (Lipinski definition) is 5. The number of nitro benzene ring substituents is 1. The van der Waals surface area contributed by atoms with Crippen LogP contribution in [-0.2, 0) is 6.61 Å². The predicted molar refractivity (Wildman–Crippen MR) is 128 cm³/mol. The molecule has 3 aromatic carbocycles. The van der Waals surface area contributed by atoms with Gasteiger partial charge in [0.1, 0.15) is 18.1 Å². The maximum atomic E-state index is 12.9. The van der Waals surface area contributed by atoms with Crippen LogP contribution in [0.15, 0.2) is 48.5 Å². The molecule has 0 aliphatic heterocycles. The van der Waals surface area contributed by atoms with Gasteiger partial charge >= 0.3 is 0 Å². The number of nitro groups is 1. The van der Waals surface area contributed by atoms with Crippen LogP contribution in [0, 0.1) is 37.8 Å². The smallest absolute Gasteiger partial charge is 0.271 e. The van der Waals surface area contributed by atoms with E-state index in [2.05, 4.69) is 11.4 Å². The lowest BCUT2D eigenvalue weighted by molar-refractivity contribution is -0.384. The van der Waals surface area contributed by atoms with E-state index in [9.17, 15) is 14.9 Å². The van der Waals surface area contributed by atoms with Crippen molar-refractivity contribution in [2.24, 2.45) is 0 Å². The Balaban J connectivity index is 1.86. The lowest BCUT2D eigenvalue weighted by Gasteiger charge is -2.16. The first kappa shape index (κ1) is 23.8. The number of aryl methyl sites for hydroxylation is 3. The van der Waals surface area contributed by atoms with E-state index in [-0.39, 0.29) is 18.2 Å². The number of rotatable bonds is 8. The zero-order valence-electron chi connectivity index (χ0n) is 19.5. The van der Waals surface area contributed by atoms with Gasteiger partial charge in [-0.15, -0.1) is 0 Å². The summed E-state index contributed by atoms with van der Waals surface area (Å²) in [5.74, 6) is 1.06. The number of nitrogens with zero attached hydrogens (tertiary/aromatic N) is 1. The van der Waals surface area contributed by atoms with Crippen molar-refractivity contribution >= 4 is 17.3 Å². The van der Waals surface area contributed by atoms with Crippen molar-refractivity contribution in [3.05, 3.63) is 92.0 Å². The summed E-state index contributed by atoms with van der Waals surface area (Å²) < 4.78 is 11.8. The summed E-state index contributed by atoms with van der Waals surface area (Å²) in [6.07, 6.45) is 0. The van der Waals surface area contributed by atoms with Crippen molar-refractivity contribution < 1.29 is 19.2 Å². The first-order valence-corrected chi connectivity index (χ1v) is 10.7. The molecule has 0 aliphatic carbocycles. The van der Waals surface area contributed by atoms with Crippen LogP contribution < -0.4 is 14.8 Å². The Labute approximate surface area is 193 Å². The molecule has 0 atom stereocenters. The molecule has 0 radical (unpaired) electrons. The summed E-state index contributed by atoms with van der Waals surface area (Å²) in [7, 11) is 0. The van der Waals surface area contributed by atoms with E-state index in [1.165, 1.54) is 12.1 Å². The number of nitrogens with one attached hydrogen (secondary N) is 1. The Morgan fingerprint density at radius 2 is 1.70 bits per heavy atom. The molecule has 0 bridgehead atoms. The van der Waals surface area contributed by atoms with Crippen LogP contribution in [0.3, 0.4) is 0 Å². The normalized spacial score (nSPS) is 10.6. The second kappa shape index (κ2) is 10.2. The van der Waals surface area contributed by atoms with E-state index in [1.54, 1.807) is 31.2 Å². The molecule has 33 heavy (non-hydrogen) atoms. The third-order valence-corrected chi connectivity index (χ3v) is 5.45. The van der Waals surface area contributed by atoms with E-state index in [1.807, 2.05) is 33.8 Å². The zero-order valence-corrected chi connectivity index (χ0v) is 19.5. The topological polar surface area (TPSA) is 90.7 Å². The highest BCUT2D eigenvalue weighted by atomic mass is 16.6. The fourth-order valence-corrected chi connectivity index (χ4v) is 3.49. The van der Waals surface area contributed by atoms with E-state index < -0.39 is 4.92 Å². The molecular weight excluding hydrogens is 420 g/mol. The molecule has 0 aliphatic rings. The molecule has 1 N–H and O–H groups in total. The SMILES string of the molecule is CCOc1ccc(C(=O)Nc2cc([N+](=O)[O-])ccc2C)cc1COc1cc(C)cc(C)c1C. The van der Waals surface area contributed by atoms with Gasteiger partial charge in [0, 0.05) is 23.3 Å². The van der Waals surface area contributed by atoms with Crippen LogP contribution in [0.4, 0.5) is 11.4 Å². The monoisotopic (exact) mass is 448 g/mol. The fraction of sp³-hybridized carbons (Fsp3) is 0.269. The Morgan fingerprint density at radius 1 is 0.939 bits per heavy atom. The average molecular weight is 449 g/mol. The van der Waals surface area contributed by atoms with Gasteiger partial charge in [0.15, 0.2) is 0 Å². The maximum Gasteiger partial charge on any atom is 0.271 e. The predicted octanol–water partition coefficient (Wildman–Crippen LogP) is 6.06. The third-order valence-electron chi connectivity index (χ3n) is 5.45. The number of anilines is 1. The standard InChI is InChI=1S/C26H28N2O5/c1-6-32-24-10-8-20(26(29)27-23-14-22(28(30)31)9-7-17(23)3)13-21(24)15-33-25-12-16(2)11-18(4)19(25)5/h7-14H,6,15H2,1-5H3,(H,27,29). The summed E-state index contributed by atoms with van der Waals surface area (Å²) in [6.45, 7) is 10.5. The number of carbonyl (C=O) groups is 1. The van der Waals surface area contributed by atoms with Crippen LogP contribution >= 0.6 is 0 Å². The third kappa shape index (κ3) is 5.68. The average Bonchev–Trinajstić information content (AvgIpc) is 2.77. The van der Waals surface area contributed by atoms with Crippen molar-refractivity contribution in [2.75, 3.05) is 11.9 Å². The van der Waals surface area contributed by atoms with Gasteiger partial charge in [-0.1, -0.05) is 12.1 Å². The van der Waals surface area contributed by atoms with Crippen molar-refractivity contribution in [2.45, 2.75) is 41.2 Å². The van der Waals surface area contributed by atoms with Crippen LogP contribution in [0.25, 0.3) is 0 Å². The van der Waals surface area contributed by atoms with Gasteiger partial charge < -0.3 is 14.8 Å². The summed E-state index contributed by atoms with van der Waals surface area (Å²) in [5.41, 5.74) is 5.50. The molecule has 0 spiro atoms. The molecule has 0 heterocycles. The molecule has 172 valence electrons. The lowest BCUT2D eigenvalue weighted by Crippen LogP contribution is -2.14. The molecule has 0 unspecified atom stereocenters. The molecule has 0 aromatic heterocycles. The van der Waals surface area contributed by atoms with Crippen LogP contribution in [0.2, 0.25) is 0 Å². The molecule has 0 saturated carbocycles. The Bertz CT molecular complexity index is 1200. The molecule has 7 heteroatoms. The number of non-ortho nitro benzene ring substituents is 1. The minimum atomic E-state index is -0.490. The first-order chi connectivity index (χ1) is 15.7. The summed E-state index contributed by atoms with van der Waals surface area (Å²) in [4.78, 5) is 23.5. The maximum absolute atomic E-state index is 12.9. The minimum Gasteiger partial charge on any atom is -0.493 e. The van der Waals surface area contributed by atoms with Gasteiger partial charge in [-0.05, 0) is 81.1 Å². The molecule has 0 saturated heterocycles. The Morgan fingerprint density at radius 3 is 2.39 bits per heavy atom. The number of ether oxygens (including phenoxy) is 2. The van der Waals surface area contributed by atoms with Gasteiger partial charge in [-0.3, -0.25) is 14.9 Å². The highest BCUT2D eigenvalue weighted by Gasteiger charge is 2.15. The second-order valence-corrected chi connectivity index (χ2v) is 7.96. The van der Waals surface area contributed by atoms with Gasteiger partial charge in [0.05, 0.1) is 17.2 Å². The second-order valence-electron chi connectivity index (χ2n) is 7.96. The largest absolute Gasteiger partial charge is 0.493 e. The summed E-state index contributed by atoms with van der Waals surface area (Å²) in [6, 6.07) is 13.6. The fourth-order valence-electron chi connectivity index (χ4n) is 3.49. The molecular formula is C26H28N2O5. The van der Waals surface area contributed by atoms with E-state index in [0.717, 1.165) is 33.6 Å². The van der Waals surface area contributed by atoms with Gasteiger partial charge in [0.25, 0.3) is 11.6 Å². The van der Waals surface area contributed by atoms with E-state index in [0.29, 0.717) is 23.6 Å². The van der Waals surface area contributed by atoms with Crippen LogP contribution in [0.1, 0.15) is 45.1 Å². The number of benzene rings is 3. The highest BCUT2D eigenvalue weighted by molar-refractivity contribution is 6.05. The molecule has 7 nitrogen and oxygen atoms in total. The minimum absolute atomic E-state index is 0.0829. The first-order valence-electron chi connectivity index (χ1n) is 10.7. The molecule has 3 aromatic rings. The summed E-state index contributed by atoms with van der Waals surface area (Å²) >= 11 is 0. The number of hydrogen-bond donors (Lipinski definition) is 1. The van der Waals surface area contributed by atoms with Crippen molar-refractivity contribution in [1.29, 1.82) is 0 Å². The van der Waals surface area contributed by atoms with Gasteiger partial charge in [-0.25, -0.2) is 0 Å². The lowest BCUT2D eigenvalue weighted by atomic mass is 10.1. The van der Waals surface area contributed by atoms with Crippen molar-refractivity contribution in [1.82, 2.24) is 0 Å². The van der Waals surface area contributed by atoms with Crippen LogP contribution in [0.5, 0.6) is 11.5 Å². The Kier molecular flexibility index (Phi) is 7.33. The zero-order chi connectivity index (χ0) is 24.1. The van der Waals surface area contributed by atoms with E-state index >= 15 is 0 Å². The van der Waals surface area contributed by atoms with Crippen molar-refractivity contribution in [3.8, 4) is 11.5 Å².